The van der Waals surface area contributed by atoms with Crippen molar-refractivity contribution in [2.24, 2.45) is 0 Å². The van der Waals surface area contributed by atoms with Gasteiger partial charge in [0.25, 0.3) is 5.91 Å². The maximum absolute atomic E-state index is 12.9. The molecule has 0 atom stereocenters. The van der Waals surface area contributed by atoms with Crippen LogP contribution in [-0.4, -0.2) is 67.0 Å². The third-order valence-electron chi connectivity index (χ3n) is 6.78. The lowest BCUT2D eigenvalue weighted by Crippen LogP contribution is -2.51. The van der Waals surface area contributed by atoms with Crippen LogP contribution in [0.15, 0.2) is 30.3 Å². The lowest BCUT2D eigenvalue weighted by molar-refractivity contribution is -0.131. The zero-order valence-corrected chi connectivity index (χ0v) is 20.1. The molecule has 4 amide bonds. The van der Waals surface area contributed by atoms with E-state index in [4.69, 9.17) is 16.2 Å². The van der Waals surface area contributed by atoms with E-state index in [-0.39, 0.29) is 30.4 Å². The van der Waals surface area contributed by atoms with Crippen LogP contribution >= 0.6 is 0 Å². The number of ether oxygens (including phenoxy) is 1. The van der Waals surface area contributed by atoms with Gasteiger partial charge in [0.15, 0.2) is 0 Å². The van der Waals surface area contributed by atoms with E-state index in [1.807, 2.05) is 23.1 Å². The first-order valence-corrected chi connectivity index (χ1v) is 11.7. The van der Waals surface area contributed by atoms with Crippen molar-refractivity contribution < 1.29 is 19.1 Å². The summed E-state index contributed by atoms with van der Waals surface area (Å²) < 4.78 is 5.30. The number of anilines is 3. The zero-order chi connectivity index (χ0) is 25.1. The van der Waals surface area contributed by atoms with E-state index in [9.17, 15) is 14.4 Å². The summed E-state index contributed by atoms with van der Waals surface area (Å²) in [6.45, 7) is 3.33. The molecule has 0 spiro atoms. The van der Waals surface area contributed by atoms with E-state index in [0.29, 0.717) is 55.0 Å². The fraction of sp³-hybridized carbons (Fsp3) is 0.400. The standard InChI is InChI=1S/C25H32N6O4/c1-15-11-17(13-20(26)23(15)27)24(33)28-14-22(32)30-8-6-18(7-9-30)31-10-5-16-12-19(35-2)3-4-21(16)29-25(31)34/h3-4,11-13,18H,5-10,14,26-27H2,1-2H3,(H,28,33)(H,29,34). The number of carbonyl (C=O) groups excluding carboxylic acids is 3. The van der Waals surface area contributed by atoms with E-state index in [1.165, 1.54) is 6.07 Å². The van der Waals surface area contributed by atoms with E-state index < -0.39 is 0 Å². The summed E-state index contributed by atoms with van der Waals surface area (Å²) in [7, 11) is 1.62. The SMILES string of the molecule is COc1ccc2c(c1)CCN(C1CCN(C(=O)CNC(=O)c3cc(C)c(N)c(N)c3)CC1)C(=O)N2. The number of amides is 4. The first kappa shape index (κ1) is 24.2. The fourth-order valence-corrected chi connectivity index (χ4v) is 4.66. The van der Waals surface area contributed by atoms with Gasteiger partial charge in [0.1, 0.15) is 5.75 Å². The number of carbonyl (C=O) groups is 3. The van der Waals surface area contributed by atoms with Crippen LogP contribution in [-0.2, 0) is 11.2 Å². The van der Waals surface area contributed by atoms with Crippen molar-refractivity contribution in [2.45, 2.75) is 32.2 Å². The van der Waals surface area contributed by atoms with Crippen molar-refractivity contribution in [3.8, 4) is 5.75 Å². The van der Waals surface area contributed by atoms with E-state index in [1.54, 1.807) is 25.0 Å². The van der Waals surface area contributed by atoms with Crippen molar-refractivity contribution >= 4 is 34.9 Å². The third-order valence-corrected chi connectivity index (χ3v) is 6.78. The first-order chi connectivity index (χ1) is 16.8. The van der Waals surface area contributed by atoms with Gasteiger partial charge in [-0.3, -0.25) is 9.59 Å². The maximum Gasteiger partial charge on any atom is 0.322 e. The Balaban J connectivity index is 1.28. The topological polar surface area (TPSA) is 143 Å². The number of nitrogen functional groups attached to an aromatic ring is 2. The number of hydrogen-bond acceptors (Lipinski definition) is 6. The number of nitrogens with two attached hydrogens (primary N) is 2. The number of methoxy groups -OCH3 is 1. The average Bonchev–Trinajstić information content (AvgIpc) is 3.02. The minimum Gasteiger partial charge on any atom is -0.497 e. The smallest absolute Gasteiger partial charge is 0.322 e. The Morgan fingerprint density at radius 3 is 2.57 bits per heavy atom. The fourth-order valence-electron chi connectivity index (χ4n) is 4.66. The molecular weight excluding hydrogens is 448 g/mol. The minimum atomic E-state index is -0.375. The van der Waals surface area contributed by atoms with Crippen molar-refractivity contribution in [1.29, 1.82) is 0 Å². The monoisotopic (exact) mass is 480 g/mol. The predicted octanol–water partition coefficient (Wildman–Crippen LogP) is 1.98. The molecule has 2 aromatic carbocycles. The molecule has 0 radical (unpaired) electrons. The molecule has 2 aromatic rings. The van der Waals surface area contributed by atoms with Gasteiger partial charge in [0.2, 0.25) is 5.91 Å². The quantitative estimate of drug-likeness (QED) is 0.482. The molecule has 1 saturated heterocycles. The lowest BCUT2D eigenvalue weighted by atomic mass is 10.0. The Morgan fingerprint density at radius 2 is 1.89 bits per heavy atom. The van der Waals surface area contributed by atoms with E-state index in [0.717, 1.165) is 23.4 Å². The molecule has 186 valence electrons. The molecule has 6 N–H and O–H groups in total. The summed E-state index contributed by atoms with van der Waals surface area (Å²) in [6.07, 6.45) is 2.09. The summed E-state index contributed by atoms with van der Waals surface area (Å²) in [5.74, 6) is 0.234. The average molecular weight is 481 g/mol. The van der Waals surface area contributed by atoms with E-state index in [2.05, 4.69) is 10.6 Å². The lowest BCUT2D eigenvalue weighted by Gasteiger charge is -2.38. The van der Waals surface area contributed by atoms with Crippen LogP contribution in [0.3, 0.4) is 0 Å². The number of likely N-dealkylation sites (tertiary alicyclic amines) is 1. The first-order valence-electron chi connectivity index (χ1n) is 11.7. The van der Waals surface area contributed by atoms with Crippen LogP contribution in [0.2, 0.25) is 0 Å². The van der Waals surface area contributed by atoms with Crippen LogP contribution in [0.4, 0.5) is 21.9 Å². The van der Waals surface area contributed by atoms with Gasteiger partial charge >= 0.3 is 6.03 Å². The molecule has 4 rings (SSSR count). The Bertz CT molecular complexity index is 1120. The van der Waals surface area contributed by atoms with Gasteiger partial charge < -0.3 is 36.6 Å². The Kier molecular flexibility index (Phi) is 6.99. The highest BCUT2D eigenvalue weighted by Gasteiger charge is 2.31. The second-order valence-electron chi connectivity index (χ2n) is 8.99. The number of fused-ring (bicyclic) bond motifs is 1. The number of benzene rings is 2. The predicted molar refractivity (Wildman–Crippen MR) is 134 cm³/mol. The maximum atomic E-state index is 12.9. The molecule has 10 nitrogen and oxygen atoms in total. The van der Waals surface area contributed by atoms with Crippen LogP contribution in [0, 0.1) is 6.92 Å². The van der Waals surface area contributed by atoms with Gasteiger partial charge in [-0.15, -0.1) is 0 Å². The van der Waals surface area contributed by atoms with Crippen LogP contribution < -0.4 is 26.8 Å². The van der Waals surface area contributed by atoms with E-state index >= 15 is 0 Å². The van der Waals surface area contributed by atoms with Crippen molar-refractivity contribution in [2.75, 3.05) is 50.1 Å². The Hall–Kier alpha value is -3.95. The van der Waals surface area contributed by atoms with Gasteiger partial charge in [0, 0.05) is 36.9 Å². The Labute approximate surface area is 204 Å². The van der Waals surface area contributed by atoms with Crippen LogP contribution in [0.25, 0.3) is 0 Å². The highest BCUT2D eigenvalue weighted by Crippen LogP contribution is 2.28. The van der Waals surface area contributed by atoms with Gasteiger partial charge in [-0.25, -0.2) is 4.79 Å². The second kappa shape index (κ2) is 10.1. The van der Waals surface area contributed by atoms with Gasteiger partial charge in [-0.1, -0.05) is 0 Å². The van der Waals surface area contributed by atoms with Crippen molar-refractivity contribution in [1.82, 2.24) is 15.1 Å². The molecule has 2 heterocycles. The molecule has 0 unspecified atom stereocenters. The number of urea groups is 1. The molecule has 1 fully saturated rings. The summed E-state index contributed by atoms with van der Waals surface area (Å²) in [5, 5.41) is 5.67. The van der Waals surface area contributed by atoms with Gasteiger partial charge in [0.05, 0.1) is 25.0 Å². The van der Waals surface area contributed by atoms with Gasteiger partial charge in [-0.2, -0.15) is 0 Å². The Morgan fingerprint density at radius 1 is 1.14 bits per heavy atom. The van der Waals surface area contributed by atoms with Crippen LogP contribution in [0.1, 0.15) is 34.3 Å². The molecular formula is C25H32N6O4. The molecule has 0 saturated carbocycles. The number of aryl methyl sites for hydroxylation is 1. The minimum absolute atomic E-state index is 0.0468. The molecule has 2 aliphatic rings. The van der Waals surface area contributed by atoms with Gasteiger partial charge in [-0.05, 0) is 67.6 Å². The second-order valence-corrected chi connectivity index (χ2v) is 8.99. The number of piperidine rings is 1. The molecule has 2 aliphatic heterocycles. The normalized spacial score (nSPS) is 16.2. The number of rotatable bonds is 5. The molecule has 0 bridgehead atoms. The summed E-state index contributed by atoms with van der Waals surface area (Å²) >= 11 is 0. The summed E-state index contributed by atoms with van der Waals surface area (Å²) in [5.41, 5.74) is 15.4. The molecule has 35 heavy (non-hydrogen) atoms. The molecule has 0 aliphatic carbocycles. The number of hydrogen-bond donors (Lipinski definition) is 4. The number of nitrogens with zero attached hydrogens (tertiary/aromatic N) is 2. The molecule has 10 heteroatoms. The largest absolute Gasteiger partial charge is 0.497 e. The van der Waals surface area contributed by atoms with Crippen molar-refractivity contribution in [3.63, 3.8) is 0 Å². The number of nitrogens with one attached hydrogen (secondary N) is 2. The van der Waals surface area contributed by atoms with Crippen LogP contribution in [0.5, 0.6) is 5.75 Å². The highest BCUT2D eigenvalue weighted by molar-refractivity contribution is 5.98. The summed E-state index contributed by atoms with van der Waals surface area (Å²) in [6, 6.07) is 8.74. The summed E-state index contributed by atoms with van der Waals surface area (Å²) in [4.78, 5) is 41.6. The zero-order valence-electron chi connectivity index (χ0n) is 20.1. The van der Waals surface area contributed by atoms with Crippen molar-refractivity contribution in [3.05, 3.63) is 47.0 Å². The third kappa shape index (κ3) is 5.26. The molecule has 0 aromatic heterocycles. The highest BCUT2D eigenvalue weighted by atomic mass is 16.5.